The van der Waals surface area contributed by atoms with Crippen LogP contribution in [0.4, 0.5) is 14.9 Å². The maximum Gasteiger partial charge on any atom is 1.00 e. The largest absolute Gasteiger partial charge is 1.00 e. The van der Waals surface area contributed by atoms with Crippen LogP contribution >= 0.6 is 0 Å². The number of nitrogen functional groups attached to an aromatic ring is 1. The van der Waals surface area contributed by atoms with Crippen molar-refractivity contribution >= 4 is 11.8 Å². The summed E-state index contributed by atoms with van der Waals surface area (Å²) in [5.74, 6) is -0.802. The highest BCUT2D eigenvalue weighted by Crippen LogP contribution is 2.28. The van der Waals surface area contributed by atoms with Gasteiger partial charge in [0.25, 0.3) is 5.88 Å². The number of ether oxygens (including phenoxy) is 1. The summed E-state index contributed by atoms with van der Waals surface area (Å²) in [6, 6.07) is 1.07. The van der Waals surface area contributed by atoms with Crippen LogP contribution in [0.15, 0.2) is 12.3 Å². The third-order valence-corrected chi connectivity index (χ3v) is 2.06. The number of nitrogens with zero attached hydrogens (tertiary/aromatic N) is 4. The summed E-state index contributed by atoms with van der Waals surface area (Å²) in [6.45, 7) is 0. The molecule has 0 unspecified atom stereocenters. The van der Waals surface area contributed by atoms with Crippen molar-refractivity contribution < 1.29 is 15.3 Å². The standard InChI is InChI=1S/C9H9FN6O2/c1-16-8(18-9(12)17)7(14-15-16)6-5(10)2-4(11)3-13-6/h2-3H,11H2,1H3,(H2,12,17)/p+1. The van der Waals surface area contributed by atoms with Gasteiger partial charge in [0, 0.05) is 13.1 Å². The molecule has 0 aliphatic carbocycles. The maximum atomic E-state index is 13.7. The molecular weight excluding hydrogens is 243 g/mol. The van der Waals surface area contributed by atoms with Crippen LogP contribution in [0.1, 0.15) is 1.43 Å². The summed E-state index contributed by atoms with van der Waals surface area (Å²) in [5.41, 5.74) is 10.3. The van der Waals surface area contributed by atoms with E-state index in [1.54, 1.807) is 0 Å². The van der Waals surface area contributed by atoms with Crippen LogP contribution in [0, 0.1) is 5.82 Å². The Kier molecular flexibility index (Phi) is 2.80. The fourth-order valence-electron chi connectivity index (χ4n) is 1.33. The average Bonchev–Trinajstić information content (AvgIpc) is 2.60. The number of amides is 1. The lowest BCUT2D eigenvalue weighted by Gasteiger charge is -2.03. The first kappa shape index (κ1) is 11.8. The molecule has 0 saturated carbocycles. The van der Waals surface area contributed by atoms with Gasteiger partial charge >= 0.3 is 7.52 Å². The molecule has 0 saturated heterocycles. The molecular formula is C9H10FN6O2+. The monoisotopic (exact) mass is 253 g/mol. The van der Waals surface area contributed by atoms with Crippen LogP contribution in [-0.2, 0) is 7.05 Å². The average molecular weight is 253 g/mol. The quantitative estimate of drug-likeness (QED) is 0.786. The number of aryl methyl sites for hydroxylation is 1. The molecule has 2 heterocycles. The van der Waals surface area contributed by atoms with Gasteiger partial charge in [0.05, 0.1) is 11.9 Å². The smallest absolute Gasteiger partial charge is 0.397 e. The van der Waals surface area contributed by atoms with Crippen molar-refractivity contribution in [3.8, 4) is 17.3 Å². The minimum absolute atomic E-state index is 0. The van der Waals surface area contributed by atoms with Gasteiger partial charge in [0.15, 0.2) is 11.5 Å². The van der Waals surface area contributed by atoms with E-state index in [4.69, 9.17) is 16.2 Å². The van der Waals surface area contributed by atoms with Crippen LogP contribution in [-0.4, -0.2) is 26.1 Å². The third-order valence-electron chi connectivity index (χ3n) is 2.06. The number of carbonyl (C=O) groups is 1. The highest BCUT2D eigenvalue weighted by Gasteiger charge is 2.20. The van der Waals surface area contributed by atoms with E-state index in [0.29, 0.717) is 0 Å². The second kappa shape index (κ2) is 4.28. The molecule has 9 heteroatoms. The number of nitrogens with two attached hydrogens (primary N) is 2. The molecule has 8 nitrogen and oxygen atoms in total. The SMILES string of the molecule is Cn1nnc(-c2ncc(N)cc2F)c1OC(N)=O.[H+]. The van der Waals surface area contributed by atoms with Crippen molar-refractivity contribution in [1.29, 1.82) is 0 Å². The van der Waals surface area contributed by atoms with Gasteiger partial charge in [-0.1, -0.05) is 5.21 Å². The van der Waals surface area contributed by atoms with Gasteiger partial charge in [-0.25, -0.2) is 18.9 Å². The van der Waals surface area contributed by atoms with Gasteiger partial charge in [-0.15, -0.1) is 5.10 Å². The molecule has 0 fully saturated rings. The number of hydrogen-bond donors (Lipinski definition) is 2. The highest BCUT2D eigenvalue weighted by atomic mass is 19.1. The number of aromatic nitrogens is 4. The van der Waals surface area contributed by atoms with E-state index < -0.39 is 11.9 Å². The normalized spacial score (nSPS) is 10.3. The molecule has 2 aromatic rings. The molecule has 0 atom stereocenters. The van der Waals surface area contributed by atoms with Crippen molar-refractivity contribution in [2.45, 2.75) is 0 Å². The van der Waals surface area contributed by atoms with E-state index in [-0.39, 0.29) is 24.4 Å². The van der Waals surface area contributed by atoms with Crippen molar-refractivity contribution in [3.05, 3.63) is 18.1 Å². The Labute approximate surface area is 102 Å². The Morgan fingerprint density at radius 1 is 1.56 bits per heavy atom. The zero-order valence-electron chi connectivity index (χ0n) is 10.3. The molecule has 4 N–H and O–H groups in total. The minimum Gasteiger partial charge on any atom is -0.397 e. The maximum absolute atomic E-state index is 13.7. The van der Waals surface area contributed by atoms with Crippen LogP contribution in [0.5, 0.6) is 5.88 Å². The second-order valence-electron chi connectivity index (χ2n) is 3.39. The lowest BCUT2D eigenvalue weighted by Crippen LogP contribution is -2.18. The zero-order chi connectivity index (χ0) is 13.3. The van der Waals surface area contributed by atoms with Crippen molar-refractivity contribution in [3.63, 3.8) is 0 Å². The molecule has 94 valence electrons. The molecule has 18 heavy (non-hydrogen) atoms. The molecule has 0 aromatic carbocycles. The Morgan fingerprint density at radius 2 is 2.28 bits per heavy atom. The first-order valence-electron chi connectivity index (χ1n) is 4.77. The summed E-state index contributed by atoms with van der Waals surface area (Å²) >= 11 is 0. The van der Waals surface area contributed by atoms with Crippen LogP contribution in [0.3, 0.4) is 0 Å². The molecule has 2 aromatic heterocycles. The van der Waals surface area contributed by atoms with Gasteiger partial charge in [-0.2, -0.15) is 0 Å². The third kappa shape index (κ3) is 2.05. The van der Waals surface area contributed by atoms with Crippen LogP contribution < -0.4 is 16.2 Å². The highest BCUT2D eigenvalue weighted by molar-refractivity contribution is 5.71. The van der Waals surface area contributed by atoms with E-state index in [9.17, 15) is 9.18 Å². The fourth-order valence-corrected chi connectivity index (χ4v) is 1.33. The number of primary amides is 1. The molecule has 0 spiro atoms. The molecule has 0 aliphatic heterocycles. The summed E-state index contributed by atoms with van der Waals surface area (Å²) < 4.78 is 19.5. The Balaban J connectivity index is 0.00000180. The van der Waals surface area contributed by atoms with E-state index in [2.05, 4.69) is 15.3 Å². The first-order chi connectivity index (χ1) is 8.49. The summed E-state index contributed by atoms with van der Waals surface area (Å²) in [7, 11) is 1.46. The van der Waals surface area contributed by atoms with Gasteiger partial charge in [0.1, 0.15) is 5.69 Å². The fraction of sp³-hybridized carbons (Fsp3) is 0.111. The first-order valence-corrected chi connectivity index (χ1v) is 4.77. The molecule has 0 bridgehead atoms. The van der Waals surface area contributed by atoms with Crippen LogP contribution in [0.2, 0.25) is 0 Å². The topological polar surface area (TPSA) is 122 Å². The number of halogens is 1. The zero-order valence-corrected chi connectivity index (χ0v) is 9.29. The van der Waals surface area contributed by atoms with Crippen molar-refractivity contribution in [2.75, 3.05) is 5.73 Å². The predicted molar refractivity (Wildman–Crippen MR) is 59.9 cm³/mol. The van der Waals surface area contributed by atoms with Gasteiger partial charge in [0.2, 0.25) is 0 Å². The predicted octanol–water partition coefficient (Wildman–Crippen LogP) is 0.168. The number of rotatable bonds is 2. The lowest BCUT2D eigenvalue weighted by atomic mass is 10.2. The second-order valence-corrected chi connectivity index (χ2v) is 3.39. The van der Waals surface area contributed by atoms with E-state index in [0.717, 1.165) is 10.7 Å². The molecule has 0 aliphatic rings. The van der Waals surface area contributed by atoms with Gasteiger partial charge in [-0.05, 0) is 0 Å². The van der Waals surface area contributed by atoms with Crippen molar-refractivity contribution in [1.82, 2.24) is 20.0 Å². The Morgan fingerprint density at radius 3 is 2.89 bits per heavy atom. The minimum atomic E-state index is -1.06. The number of anilines is 1. The Bertz CT molecular complexity index is 617. The van der Waals surface area contributed by atoms with Gasteiger partial charge < -0.3 is 16.2 Å². The van der Waals surface area contributed by atoms with Crippen molar-refractivity contribution in [2.24, 2.45) is 12.8 Å². The number of hydrogen-bond acceptors (Lipinski definition) is 6. The van der Waals surface area contributed by atoms with Gasteiger partial charge in [-0.3, -0.25) is 0 Å². The summed E-state index contributed by atoms with van der Waals surface area (Å²) in [5, 5.41) is 7.27. The van der Waals surface area contributed by atoms with E-state index in [1.807, 2.05) is 0 Å². The summed E-state index contributed by atoms with van der Waals surface area (Å²) in [4.78, 5) is 14.5. The van der Waals surface area contributed by atoms with E-state index >= 15 is 0 Å². The number of pyridine rings is 1. The summed E-state index contributed by atoms with van der Waals surface area (Å²) in [6.07, 6.45) is 0.193. The van der Waals surface area contributed by atoms with Crippen LogP contribution in [0.25, 0.3) is 11.4 Å². The molecule has 2 rings (SSSR count). The van der Waals surface area contributed by atoms with E-state index in [1.165, 1.54) is 13.2 Å². The lowest BCUT2D eigenvalue weighted by molar-refractivity contribution is 0.207. The Hall–Kier alpha value is -2.71. The molecule has 0 radical (unpaired) electrons. The number of carbonyl (C=O) groups excluding carboxylic acids is 1. The molecule has 1 amide bonds.